The molecule has 1 atom stereocenters. The van der Waals surface area contributed by atoms with Crippen molar-refractivity contribution >= 4 is 5.91 Å². The number of carbonyl (C=O) groups is 1. The monoisotopic (exact) mass is 324 g/mol. The molecule has 126 valence electrons. The molecule has 0 saturated heterocycles. The maximum atomic E-state index is 12.3. The number of hydrogen-bond acceptors (Lipinski definition) is 3. The van der Waals surface area contributed by atoms with Gasteiger partial charge >= 0.3 is 0 Å². The molecule has 2 heterocycles. The number of nitrogens with one attached hydrogen (secondary N) is 1. The minimum absolute atomic E-state index is 0.0246. The van der Waals surface area contributed by atoms with Gasteiger partial charge in [0.1, 0.15) is 11.5 Å². The number of fused-ring (bicyclic) bond motifs is 1. The first-order valence-corrected chi connectivity index (χ1v) is 8.86. The lowest BCUT2D eigenvalue weighted by Crippen LogP contribution is -2.39. The summed E-state index contributed by atoms with van der Waals surface area (Å²) in [5, 5.41) is 3.08. The molecule has 5 heteroatoms. The van der Waals surface area contributed by atoms with Crippen LogP contribution in [0.5, 0.6) is 0 Å². The number of aromatic nitrogens is 2. The highest BCUT2D eigenvalue weighted by Gasteiger charge is 2.28. The van der Waals surface area contributed by atoms with Crippen LogP contribution in [0, 0.1) is 0 Å². The smallest absolute Gasteiger partial charge is 0.271 e. The van der Waals surface area contributed by atoms with Crippen molar-refractivity contribution in [3.05, 3.63) is 53.6 Å². The molecule has 1 saturated carbocycles. The van der Waals surface area contributed by atoms with Crippen LogP contribution in [0.25, 0.3) is 0 Å². The first kappa shape index (κ1) is 15.4. The minimum Gasteiger partial charge on any atom is -0.348 e. The summed E-state index contributed by atoms with van der Waals surface area (Å²) in [5.41, 5.74) is 1.87. The number of carbonyl (C=O) groups excluding carboxylic acids is 1. The molecule has 1 aliphatic heterocycles. The third-order valence-corrected chi connectivity index (χ3v) is 5.26. The second-order valence-electron chi connectivity index (χ2n) is 6.91. The van der Waals surface area contributed by atoms with Gasteiger partial charge in [-0.05, 0) is 31.7 Å². The molecule has 5 nitrogen and oxygen atoms in total. The van der Waals surface area contributed by atoms with Crippen molar-refractivity contribution in [3.63, 3.8) is 0 Å². The summed E-state index contributed by atoms with van der Waals surface area (Å²) in [7, 11) is 0. The molecule has 2 aliphatic rings. The van der Waals surface area contributed by atoms with Gasteiger partial charge in [0.2, 0.25) is 0 Å². The number of hydrogen-bond donors (Lipinski definition) is 1. The summed E-state index contributed by atoms with van der Waals surface area (Å²) >= 11 is 0. The Kier molecular flexibility index (Phi) is 4.10. The summed E-state index contributed by atoms with van der Waals surface area (Å²) in [4.78, 5) is 19.4. The van der Waals surface area contributed by atoms with Crippen LogP contribution in [0.3, 0.4) is 0 Å². The first-order chi connectivity index (χ1) is 11.7. The minimum atomic E-state index is -0.0246. The van der Waals surface area contributed by atoms with Crippen molar-refractivity contribution in [1.82, 2.24) is 19.8 Å². The van der Waals surface area contributed by atoms with Crippen molar-refractivity contribution in [1.29, 1.82) is 0 Å². The predicted molar refractivity (Wildman–Crippen MR) is 92.6 cm³/mol. The standard InChI is InChI=1S/C19H24N4O/c1-14-18-21-17(19(24)20-16-8-5-9-16)13-23(18)11-10-22(14)12-15-6-3-2-4-7-15/h2-4,6-7,13-14,16H,5,8-12H2,1H3,(H,20,24). The lowest BCUT2D eigenvalue weighted by Gasteiger charge is -2.33. The van der Waals surface area contributed by atoms with E-state index >= 15 is 0 Å². The van der Waals surface area contributed by atoms with Gasteiger partial charge < -0.3 is 9.88 Å². The molecule has 2 aromatic rings. The van der Waals surface area contributed by atoms with Crippen LogP contribution < -0.4 is 5.32 Å². The molecule has 1 aliphatic carbocycles. The molecule has 0 radical (unpaired) electrons. The third kappa shape index (κ3) is 2.96. The summed E-state index contributed by atoms with van der Waals surface area (Å²) < 4.78 is 2.14. The highest BCUT2D eigenvalue weighted by atomic mass is 16.2. The summed E-state index contributed by atoms with van der Waals surface area (Å²) in [6.45, 7) is 4.95. The topological polar surface area (TPSA) is 50.2 Å². The van der Waals surface area contributed by atoms with Crippen molar-refractivity contribution in [2.45, 2.75) is 51.4 Å². The fourth-order valence-corrected chi connectivity index (χ4v) is 3.49. The van der Waals surface area contributed by atoms with Crippen LogP contribution in [0.2, 0.25) is 0 Å². The maximum absolute atomic E-state index is 12.3. The number of imidazole rings is 1. The molecule has 1 aromatic heterocycles. The second-order valence-corrected chi connectivity index (χ2v) is 6.91. The molecular formula is C19H24N4O. The predicted octanol–water partition coefficient (Wildman–Crippen LogP) is 2.74. The van der Waals surface area contributed by atoms with Crippen molar-refractivity contribution in [2.24, 2.45) is 0 Å². The van der Waals surface area contributed by atoms with Crippen LogP contribution in [-0.4, -0.2) is 32.9 Å². The third-order valence-electron chi connectivity index (χ3n) is 5.26. The van der Waals surface area contributed by atoms with Crippen molar-refractivity contribution < 1.29 is 4.79 Å². The highest BCUT2D eigenvalue weighted by Crippen LogP contribution is 2.26. The quantitative estimate of drug-likeness (QED) is 0.941. The normalized spacial score (nSPS) is 21.1. The van der Waals surface area contributed by atoms with Gasteiger partial charge in [-0.15, -0.1) is 0 Å². The Morgan fingerprint density at radius 3 is 2.75 bits per heavy atom. The van der Waals surface area contributed by atoms with E-state index in [-0.39, 0.29) is 11.9 Å². The zero-order valence-corrected chi connectivity index (χ0v) is 14.1. The van der Waals surface area contributed by atoms with Gasteiger partial charge in [0.25, 0.3) is 5.91 Å². The van der Waals surface area contributed by atoms with Gasteiger partial charge in [0.05, 0.1) is 6.04 Å². The van der Waals surface area contributed by atoms with E-state index in [1.807, 2.05) is 12.3 Å². The van der Waals surface area contributed by atoms with Gasteiger partial charge in [-0.25, -0.2) is 4.98 Å². The van der Waals surface area contributed by atoms with Crippen LogP contribution in [0.15, 0.2) is 36.5 Å². The van der Waals surface area contributed by atoms with E-state index < -0.39 is 0 Å². The average Bonchev–Trinajstić information content (AvgIpc) is 3.00. The fraction of sp³-hybridized carbons (Fsp3) is 0.474. The van der Waals surface area contributed by atoms with E-state index in [1.165, 1.54) is 12.0 Å². The Morgan fingerprint density at radius 2 is 2.04 bits per heavy atom. The second kappa shape index (κ2) is 6.40. The number of nitrogens with zero attached hydrogens (tertiary/aromatic N) is 3. The average molecular weight is 324 g/mol. The molecule has 1 N–H and O–H groups in total. The zero-order valence-electron chi connectivity index (χ0n) is 14.1. The van der Waals surface area contributed by atoms with Gasteiger partial charge in [-0.3, -0.25) is 9.69 Å². The Bertz CT molecular complexity index is 720. The summed E-state index contributed by atoms with van der Waals surface area (Å²) in [5.74, 6) is 0.972. The van der Waals surface area contributed by atoms with Crippen LogP contribution in [0.4, 0.5) is 0 Å². The Hall–Kier alpha value is -2.14. The van der Waals surface area contributed by atoms with Crippen LogP contribution in [-0.2, 0) is 13.1 Å². The maximum Gasteiger partial charge on any atom is 0.271 e. The fourth-order valence-electron chi connectivity index (χ4n) is 3.49. The van der Waals surface area contributed by atoms with Gasteiger partial charge in [-0.2, -0.15) is 0 Å². The molecule has 1 amide bonds. The van der Waals surface area contributed by atoms with E-state index in [0.717, 1.165) is 38.3 Å². The SMILES string of the molecule is CC1c2nc(C(=O)NC3CCC3)cn2CCN1Cc1ccccc1. The van der Waals surface area contributed by atoms with E-state index in [2.05, 4.69) is 51.0 Å². The lowest BCUT2D eigenvalue weighted by atomic mass is 9.93. The number of benzene rings is 1. The summed E-state index contributed by atoms with van der Waals surface area (Å²) in [6, 6.07) is 11.1. The van der Waals surface area contributed by atoms with E-state index in [4.69, 9.17) is 0 Å². The van der Waals surface area contributed by atoms with E-state index in [0.29, 0.717) is 11.7 Å². The van der Waals surface area contributed by atoms with Gasteiger partial charge in [-0.1, -0.05) is 30.3 Å². The van der Waals surface area contributed by atoms with Crippen LogP contribution >= 0.6 is 0 Å². The molecule has 0 spiro atoms. The van der Waals surface area contributed by atoms with Crippen molar-refractivity contribution in [2.75, 3.05) is 6.54 Å². The zero-order chi connectivity index (χ0) is 16.5. The summed E-state index contributed by atoms with van der Waals surface area (Å²) in [6.07, 6.45) is 5.33. The van der Waals surface area contributed by atoms with E-state index in [1.54, 1.807) is 0 Å². The first-order valence-electron chi connectivity index (χ1n) is 8.86. The highest BCUT2D eigenvalue weighted by molar-refractivity contribution is 5.92. The Labute approximate surface area is 142 Å². The van der Waals surface area contributed by atoms with Crippen LogP contribution in [0.1, 0.15) is 54.1 Å². The molecule has 4 rings (SSSR count). The number of amides is 1. The lowest BCUT2D eigenvalue weighted by molar-refractivity contribution is 0.0912. The molecule has 24 heavy (non-hydrogen) atoms. The van der Waals surface area contributed by atoms with Gasteiger partial charge in [0.15, 0.2) is 0 Å². The Morgan fingerprint density at radius 1 is 1.25 bits per heavy atom. The molecule has 1 aromatic carbocycles. The van der Waals surface area contributed by atoms with E-state index in [9.17, 15) is 4.79 Å². The van der Waals surface area contributed by atoms with Crippen molar-refractivity contribution in [3.8, 4) is 0 Å². The molecule has 1 fully saturated rings. The molecular weight excluding hydrogens is 300 g/mol. The number of rotatable bonds is 4. The van der Waals surface area contributed by atoms with Gasteiger partial charge in [0, 0.05) is 31.9 Å². The molecule has 1 unspecified atom stereocenters. The largest absolute Gasteiger partial charge is 0.348 e. The Balaban J connectivity index is 1.48. The molecule has 0 bridgehead atoms.